The van der Waals surface area contributed by atoms with Crippen LogP contribution in [0.1, 0.15) is 25.7 Å². The van der Waals surface area contributed by atoms with Crippen molar-refractivity contribution in [2.75, 3.05) is 5.32 Å². The zero-order valence-electron chi connectivity index (χ0n) is 10.2. The van der Waals surface area contributed by atoms with E-state index in [4.69, 9.17) is 23.2 Å². The number of anilines is 1. The third-order valence-corrected chi connectivity index (χ3v) is 5.04. The molecule has 1 aromatic carbocycles. The van der Waals surface area contributed by atoms with Crippen molar-refractivity contribution in [3.8, 4) is 0 Å². The Labute approximate surface area is 121 Å². The fraction of sp³-hybridized carbons (Fsp3) is 0.538. The average Bonchev–Trinajstić information content (AvgIpc) is 2.95. The van der Waals surface area contributed by atoms with Crippen LogP contribution in [-0.2, 0) is 0 Å². The molecule has 0 aromatic heterocycles. The molecule has 3 atom stereocenters. The van der Waals surface area contributed by atoms with E-state index in [0.717, 1.165) is 12.3 Å². The second kappa shape index (κ2) is 4.84. The summed E-state index contributed by atoms with van der Waals surface area (Å²) in [5.41, 5.74) is 0.481. The van der Waals surface area contributed by atoms with E-state index in [0.29, 0.717) is 22.7 Å². The summed E-state index contributed by atoms with van der Waals surface area (Å²) < 4.78 is 0. The normalized spacial score (nSPS) is 28.6. The third-order valence-electron chi connectivity index (χ3n) is 4.31. The topological polar surface area (TPSA) is 55.2 Å². The van der Waals surface area contributed by atoms with Crippen molar-refractivity contribution in [1.82, 2.24) is 0 Å². The van der Waals surface area contributed by atoms with Crippen LogP contribution in [0.3, 0.4) is 0 Å². The van der Waals surface area contributed by atoms with Crippen LogP contribution in [-0.4, -0.2) is 11.0 Å². The SMILES string of the molecule is O=[N+]([O-])c1cc(Cl)c(Cl)cc1NC1CC2CCC1C2. The first-order valence-corrected chi connectivity index (χ1v) is 7.20. The minimum atomic E-state index is -0.419. The molecule has 2 saturated carbocycles. The smallest absolute Gasteiger partial charge is 0.293 e. The molecule has 0 heterocycles. The highest BCUT2D eigenvalue weighted by Gasteiger charge is 2.40. The minimum Gasteiger partial charge on any atom is -0.376 e. The van der Waals surface area contributed by atoms with Crippen LogP contribution in [0.5, 0.6) is 0 Å². The van der Waals surface area contributed by atoms with Crippen LogP contribution in [0.25, 0.3) is 0 Å². The van der Waals surface area contributed by atoms with Gasteiger partial charge in [-0.3, -0.25) is 10.1 Å². The predicted molar refractivity (Wildman–Crippen MR) is 76.0 cm³/mol. The second-order valence-corrected chi connectivity index (χ2v) is 6.28. The lowest BCUT2D eigenvalue weighted by atomic mass is 9.95. The van der Waals surface area contributed by atoms with Crippen molar-refractivity contribution >= 4 is 34.6 Å². The molecular formula is C13H14Cl2N2O2. The lowest BCUT2D eigenvalue weighted by Crippen LogP contribution is -2.26. The largest absolute Gasteiger partial charge is 0.376 e. The van der Waals surface area contributed by atoms with Gasteiger partial charge in [0.1, 0.15) is 5.69 Å². The van der Waals surface area contributed by atoms with Crippen molar-refractivity contribution in [3.05, 3.63) is 32.3 Å². The van der Waals surface area contributed by atoms with E-state index >= 15 is 0 Å². The van der Waals surface area contributed by atoms with Gasteiger partial charge < -0.3 is 5.32 Å². The molecule has 102 valence electrons. The van der Waals surface area contributed by atoms with Crippen molar-refractivity contribution in [3.63, 3.8) is 0 Å². The number of fused-ring (bicyclic) bond motifs is 2. The summed E-state index contributed by atoms with van der Waals surface area (Å²) >= 11 is 11.8. The highest BCUT2D eigenvalue weighted by atomic mass is 35.5. The fourth-order valence-electron chi connectivity index (χ4n) is 3.42. The number of nitro groups is 1. The van der Waals surface area contributed by atoms with Crippen LogP contribution in [0.15, 0.2) is 12.1 Å². The number of halogens is 2. The monoisotopic (exact) mass is 300 g/mol. The van der Waals surface area contributed by atoms with Gasteiger partial charge in [0.15, 0.2) is 0 Å². The van der Waals surface area contributed by atoms with Crippen LogP contribution in [0, 0.1) is 22.0 Å². The standard InChI is InChI=1S/C13H14Cl2N2O2/c14-9-5-12(13(17(18)19)6-10(9)15)16-11-4-7-1-2-8(11)3-7/h5-8,11,16H,1-4H2. The summed E-state index contributed by atoms with van der Waals surface area (Å²) in [6, 6.07) is 3.21. The Balaban J connectivity index is 1.87. The molecular weight excluding hydrogens is 287 g/mol. The molecule has 1 N–H and O–H groups in total. The van der Waals surface area contributed by atoms with Gasteiger partial charge in [-0.25, -0.2) is 0 Å². The van der Waals surface area contributed by atoms with Gasteiger partial charge in [0.05, 0.1) is 15.0 Å². The van der Waals surface area contributed by atoms with Crippen LogP contribution in [0.2, 0.25) is 10.0 Å². The molecule has 0 radical (unpaired) electrons. The Morgan fingerprint density at radius 1 is 1.21 bits per heavy atom. The molecule has 19 heavy (non-hydrogen) atoms. The van der Waals surface area contributed by atoms with Crippen molar-refractivity contribution in [1.29, 1.82) is 0 Å². The molecule has 0 spiro atoms. The molecule has 0 amide bonds. The molecule has 3 unspecified atom stereocenters. The fourth-order valence-corrected chi connectivity index (χ4v) is 3.75. The summed E-state index contributed by atoms with van der Waals surface area (Å²) in [5, 5.41) is 14.9. The molecule has 2 aliphatic rings. The van der Waals surface area contributed by atoms with Crippen molar-refractivity contribution in [2.24, 2.45) is 11.8 Å². The Hall–Kier alpha value is -1.00. The Morgan fingerprint density at radius 3 is 2.53 bits per heavy atom. The minimum absolute atomic E-state index is 0.00262. The van der Waals surface area contributed by atoms with Crippen LogP contribution >= 0.6 is 23.2 Å². The first-order chi connectivity index (χ1) is 9.04. The van der Waals surface area contributed by atoms with E-state index in [1.807, 2.05) is 0 Å². The Bertz CT molecular complexity index is 536. The maximum Gasteiger partial charge on any atom is 0.293 e. The van der Waals surface area contributed by atoms with Gasteiger partial charge in [0, 0.05) is 12.1 Å². The maximum atomic E-state index is 11.1. The molecule has 0 saturated heterocycles. The van der Waals surface area contributed by atoms with Gasteiger partial charge in [0.2, 0.25) is 0 Å². The zero-order valence-corrected chi connectivity index (χ0v) is 11.7. The summed E-state index contributed by atoms with van der Waals surface area (Å²) in [6.07, 6.45) is 4.86. The number of hydrogen-bond acceptors (Lipinski definition) is 3. The maximum absolute atomic E-state index is 11.1. The summed E-state index contributed by atoms with van der Waals surface area (Å²) in [4.78, 5) is 10.7. The lowest BCUT2D eigenvalue weighted by molar-refractivity contribution is -0.384. The zero-order chi connectivity index (χ0) is 13.6. The molecule has 2 fully saturated rings. The number of nitrogens with one attached hydrogen (secondary N) is 1. The van der Waals surface area contributed by atoms with Gasteiger partial charge >= 0.3 is 0 Å². The highest BCUT2D eigenvalue weighted by Crippen LogP contribution is 2.46. The number of rotatable bonds is 3. The van der Waals surface area contributed by atoms with Gasteiger partial charge in [-0.2, -0.15) is 0 Å². The number of nitrogens with zero attached hydrogens (tertiary/aromatic N) is 1. The first-order valence-electron chi connectivity index (χ1n) is 6.44. The molecule has 2 aliphatic carbocycles. The Kier molecular flexibility index (Phi) is 3.31. The first kappa shape index (κ1) is 13.0. The van der Waals surface area contributed by atoms with Gasteiger partial charge in [-0.1, -0.05) is 29.6 Å². The third kappa shape index (κ3) is 2.39. The number of benzene rings is 1. The van der Waals surface area contributed by atoms with E-state index in [2.05, 4.69) is 5.32 Å². The Morgan fingerprint density at radius 2 is 1.95 bits per heavy atom. The van der Waals surface area contributed by atoms with Gasteiger partial charge in [0.25, 0.3) is 5.69 Å². The highest BCUT2D eigenvalue weighted by molar-refractivity contribution is 6.42. The van der Waals surface area contributed by atoms with E-state index in [9.17, 15) is 10.1 Å². The average molecular weight is 301 g/mol. The lowest BCUT2D eigenvalue weighted by Gasteiger charge is -2.24. The quantitative estimate of drug-likeness (QED) is 0.660. The molecule has 6 heteroatoms. The van der Waals surface area contributed by atoms with E-state index in [1.165, 1.54) is 25.3 Å². The van der Waals surface area contributed by atoms with Crippen LogP contribution in [0.4, 0.5) is 11.4 Å². The van der Waals surface area contributed by atoms with Crippen molar-refractivity contribution in [2.45, 2.75) is 31.7 Å². The molecule has 3 rings (SSSR count). The molecule has 0 aliphatic heterocycles. The second-order valence-electron chi connectivity index (χ2n) is 5.47. The van der Waals surface area contributed by atoms with Gasteiger partial charge in [-0.15, -0.1) is 0 Å². The van der Waals surface area contributed by atoms with Crippen molar-refractivity contribution < 1.29 is 4.92 Å². The van der Waals surface area contributed by atoms with E-state index in [-0.39, 0.29) is 10.7 Å². The molecule has 1 aromatic rings. The van der Waals surface area contributed by atoms with Gasteiger partial charge in [-0.05, 0) is 37.2 Å². The predicted octanol–water partition coefficient (Wildman–Crippen LogP) is 4.50. The molecule has 2 bridgehead atoms. The summed E-state index contributed by atoms with van der Waals surface area (Å²) in [5.74, 6) is 1.42. The summed E-state index contributed by atoms with van der Waals surface area (Å²) in [6.45, 7) is 0. The van der Waals surface area contributed by atoms with E-state index in [1.54, 1.807) is 6.07 Å². The molecule has 4 nitrogen and oxygen atoms in total. The van der Waals surface area contributed by atoms with E-state index < -0.39 is 4.92 Å². The summed E-state index contributed by atoms with van der Waals surface area (Å²) in [7, 11) is 0. The van der Waals surface area contributed by atoms with Crippen LogP contribution < -0.4 is 5.32 Å². The number of nitro benzene ring substituents is 1. The number of hydrogen-bond donors (Lipinski definition) is 1.